The molecular weight excluding hydrogens is 687 g/mol. The van der Waals surface area contributed by atoms with Gasteiger partial charge in [0.2, 0.25) is 5.91 Å². The number of rotatable bonds is 49. The number of amides is 1. The van der Waals surface area contributed by atoms with E-state index < -0.39 is 12.1 Å². The number of unbranched alkanes of at least 4 members (excludes halogenated alkanes) is 42. The van der Waals surface area contributed by atoms with Crippen LogP contribution in [0.3, 0.4) is 0 Å². The molecule has 0 aliphatic rings. The van der Waals surface area contributed by atoms with Crippen LogP contribution in [-0.4, -0.2) is 34.9 Å². The van der Waals surface area contributed by atoms with Gasteiger partial charge < -0.3 is 15.5 Å². The van der Waals surface area contributed by atoms with Crippen LogP contribution >= 0.6 is 0 Å². The van der Waals surface area contributed by atoms with E-state index in [4.69, 9.17) is 0 Å². The molecule has 0 radical (unpaired) electrons. The van der Waals surface area contributed by atoms with Crippen LogP contribution in [0.1, 0.15) is 309 Å². The summed E-state index contributed by atoms with van der Waals surface area (Å²) in [6.45, 7) is 4.39. The SMILES string of the molecule is CCCCCCCCCCCCCCCCCCCCCCCCCCCCCCCCC(O)C(CO)NC(=O)CCCCCCCCCCCCCCCC. The first kappa shape index (κ1) is 55.4. The van der Waals surface area contributed by atoms with E-state index >= 15 is 0 Å². The Balaban J connectivity index is 3.37. The Labute approximate surface area is 353 Å². The molecule has 0 bridgehead atoms. The highest BCUT2D eigenvalue weighted by Gasteiger charge is 2.20. The van der Waals surface area contributed by atoms with Crippen molar-refractivity contribution in [2.24, 2.45) is 0 Å². The third-order valence-corrected chi connectivity index (χ3v) is 12.6. The average molecular weight is 792 g/mol. The van der Waals surface area contributed by atoms with E-state index in [2.05, 4.69) is 19.2 Å². The van der Waals surface area contributed by atoms with Crippen LogP contribution in [0.5, 0.6) is 0 Å². The van der Waals surface area contributed by atoms with E-state index in [1.54, 1.807) is 0 Å². The number of hydrogen-bond acceptors (Lipinski definition) is 3. The van der Waals surface area contributed by atoms with Gasteiger partial charge in [-0.25, -0.2) is 0 Å². The van der Waals surface area contributed by atoms with Crippen molar-refractivity contribution in [1.82, 2.24) is 5.32 Å². The first-order chi connectivity index (χ1) is 27.7. The van der Waals surface area contributed by atoms with E-state index in [0.29, 0.717) is 12.8 Å². The lowest BCUT2D eigenvalue weighted by Gasteiger charge is -2.22. The fourth-order valence-corrected chi connectivity index (χ4v) is 8.60. The van der Waals surface area contributed by atoms with Gasteiger partial charge in [0.1, 0.15) is 0 Å². The van der Waals surface area contributed by atoms with E-state index in [-0.39, 0.29) is 12.5 Å². The van der Waals surface area contributed by atoms with Crippen LogP contribution in [0, 0.1) is 0 Å². The van der Waals surface area contributed by atoms with Crippen molar-refractivity contribution in [3.8, 4) is 0 Å². The summed E-state index contributed by atoms with van der Waals surface area (Å²) in [5, 5.41) is 23.3. The summed E-state index contributed by atoms with van der Waals surface area (Å²) in [7, 11) is 0. The van der Waals surface area contributed by atoms with Crippen molar-refractivity contribution >= 4 is 5.91 Å². The van der Waals surface area contributed by atoms with Gasteiger partial charge in [0.25, 0.3) is 0 Å². The third-order valence-electron chi connectivity index (χ3n) is 12.6. The Morgan fingerprint density at radius 3 is 0.804 bits per heavy atom. The molecule has 0 aliphatic heterocycles. The minimum absolute atomic E-state index is 0.0252. The Morgan fingerprint density at radius 2 is 0.571 bits per heavy atom. The maximum absolute atomic E-state index is 12.4. The number of carbonyl (C=O) groups is 1. The molecule has 4 heteroatoms. The van der Waals surface area contributed by atoms with E-state index in [1.807, 2.05) is 0 Å². The van der Waals surface area contributed by atoms with Crippen molar-refractivity contribution < 1.29 is 15.0 Å². The lowest BCUT2D eigenvalue weighted by Crippen LogP contribution is -2.45. The third kappa shape index (κ3) is 44.5. The number of aliphatic hydroxyl groups is 2. The van der Waals surface area contributed by atoms with Gasteiger partial charge in [-0.2, -0.15) is 0 Å². The highest BCUT2D eigenvalue weighted by molar-refractivity contribution is 5.76. The van der Waals surface area contributed by atoms with Crippen LogP contribution in [-0.2, 0) is 4.79 Å². The van der Waals surface area contributed by atoms with Crippen molar-refractivity contribution in [3.05, 3.63) is 0 Å². The number of aliphatic hydroxyl groups excluding tert-OH is 2. The number of hydrogen-bond donors (Lipinski definition) is 3. The molecule has 56 heavy (non-hydrogen) atoms. The molecule has 0 spiro atoms. The number of carbonyl (C=O) groups excluding carboxylic acids is 1. The van der Waals surface area contributed by atoms with Gasteiger partial charge in [0.15, 0.2) is 0 Å². The van der Waals surface area contributed by atoms with Crippen LogP contribution in [0.15, 0.2) is 0 Å². The first-order valence-corrected chi connectivity index (χ1v) is 26.2. The molecule has 0 saturated heterocycles. The monoisotopic (exact) mass is 792 g/mol. The standard InChI is InChI=1S/C52H105NO3/c1-3-5-7-9-11-13-15-17-19-20-21-22-23-24-25-26-27-28-29-30-31-32-33-34-35-37-39-41-43-45-47-51(55)50(49-54)53-52(56)48-46-44-42-40-38-36-18-16-14-12-10-8-6-4-2/h50-51,54-55H,3-49H2,1-2H3,(H,53,56). The zero-order chi connectivity index (χ0) is 40.7. The predicted molar refractivity (Wildman–Crippen MR) is 249 cm³/mol. The van der Waals surface area contributed by atoms with Crippen LogP contribution in [0.2, 0.25) is 0 Å². The maximum Gasteiger partial charge on any atom is 0.220 e. The summed E-state index contributed by atoms with van der Waals surface area (Å²) in [5.41, 5.74) is 0. The molecule has 0 heterocycles. The molecule has 0 fully saturated rings. The van der Waals surface area contributed by atoms with E-state index in [1.165, 1.54) is 257 Å². The van der Waals surface area contributed by atoms with Gasteiger partial charge in [-0.05, 0) is 12.8 Å². The molecule has 0 aromatic rings. The zero-order valence-electron chi connectivity index (χ0n) is 38.7. The molecule has 2 unspecified atom stereocenters. The summed E-state index contributed by atoms with van der Waals surface area (Å²) in [6, 6.07) is -0.530. The molecule has 0 aromatic carbocycles. The summed E-state index contributed by atoms with van der Waals surface area (Å²) in [4.78, 5) is 12.4. The first-order valence-electron chi connectivity index (χ1n) is 26.2. The molecule has 336 valence electrons. The van der Waals surface area contributed by atoms with Gasteiger partial charge in [-0.3, -0.25) is 4.79 Å². The molecule has 0 aromatic heterocycles. The lowest BCUT2D eigenvalue weighted by molar-refractivity contribution is -0.123. The molecule has 0 aliphatic carbocycles. The fraction of sp³-hybridized carbons (Fsp3) is 0.981. The second-order valence-corrected chi connectivity index (χ2v) is 18.3. The maximum atomic E-state index is 12.4. The lowest BCUT2D eigenvalue weighted by atomic mass is 10.0. The van der Waals surface area contributed by atoms with Gasteiger partial charge in [0.05, 0.1) is 18.8 Å². The highest BCUT2D eigenvalue weighted by atomic mass is 16.3. The quantitative estimate of drug-likeness (QED) is 0.0538. The van der Waals surface area contributed by atoms with Gasteiger partial charge >= 0.3 is 0 Å². The van der Waals surface area contributed by atoms with E-state index in [9.17, 15) is 15.0 Å². The minimum Gasteiger partial charge on any atom is -0.394 e. The zero-order valence-corrected chi connectivity index (χ0v) is 38.7. The molecule has 0 rings (SSSR count). The van der Waals surface area contributed by atoms with E-state index in [0.717, 1.165) is 25.7 Å². The second kappa shape index (κ2) is 48.8. The molecule has 3 N–H and O–H groups in total. The Bertz CT molecular complexity index is 729. The predicted octanol–water partition coefficient (Wildman–Crippen LogP) is 16.8. The van der Waals surface area contributed by atoms with Gasteiger partial charge in [0, 0.05) is 6.42 Å². The summed E-state index contributed by atoms with van der Waals surface area (Å²) < 4.78 is 0. The Kier molecular flexibility index (Phi) is 48.2. The van der Waals surface area contributed by atoms with Crippen molar-refractivity contribution in [3.63, 3.8) is 0 Å². The van der Waals surface area contributed by atoms with Crippen molar-refractivity contribution in [1.29, 1.82) is 0 Å². The normalized spacial score (nSPS) is 12.7. The largest absolute Gasteiger partial charge is 0.394 e. The Morgan fingerprint density at radius 1 is 0.357 bits per heavy atom. The fourth-order valence-electron chi connectivity index (χ4n) is 8.60. The second-order valence-electron chi connectivity index (χ2n) is 18.3. The van der Waals surface area contributed by atoms with Crippen LogP contribution in [0.25, 0.3) is 0 Å². The number of nitrogens with one attached hydrogen (secondary N) is 1. The molecular formula is C52H105NO3. The molecule has 0 saturated carbocycles. The average Bonchev–Trinajstić information content (AvgIpc) is 3.20. The van der Waals surface area contributed by atoms with Gasteiger partial charge in [-0.1, -0.05) is 290 Å². The topological polar surface area (TPSA) is 69.6 Å². The van der Waals surface area contributed by atoms with Crippen LogP contribution in [0.4, 0.5) is 0 Å². The highest BCUT2D eigenvalue weighted by Crippen LogP contribution is 2.18. The van der Waals surface area contributed by atoms with Crippen molar-refractivity contribution in [2.45, 2.75) is 321 Å². The summed E-state index contributed by atoms with van der Waals surface area (Å²) in [5.74, 6) is -0.0252. The molecule has 4 nitrogen and oxygen atoms in total. The molecule has 2 atom stereocenters. The summed E-state index contributed by atoms with van der Waals surface area (Å²) in [6.07, 6.45) is 60.8. The smallest absolute Gasteiger partial charge is 0.220 e. The Hall–Kier alpha value is -0.610. The van der Waals surface area contributed by atoms with Crippen molar-refractivity contribution in [2.75, 3.05) is 6.61 Å². The van der Waals surface area contributed by atoms with Gasteiger partial charge in [-0.15, -0.1) is 0 Å². The summed E-state index contributed by atoms with van der Waals surface area (Å²) >= 11 is 0. The van der Waals surface area contributed by atoms with Crippen LogP contribution < -0.4 is 5.32 Å². The molecule has 1 amide bonds. The minimum atomic E-state index is -0.654.